The molecule has 62 valence electrons. The van der Waals surface area contributed by atoms with Gasteiger partial charge in [0.05, 0.1) is 5.56 Å². The minimum absolute atomic E-state index is 0.612. The topological polar surface area (TPSA) is 23.8 Å². The zero-order valence-corrected chi connectivity index (χ0v) is 10.4. The Kier molecular flexibility index (Phi) is 3.81. The predicted octanol–water partition coefficient (Wildman–Crippen LogP) is 3.71. The van der Waals surface area contributed by atoms with Crippen molar-refractivity contribution in [2.75, 3.05) is 0 Å². The fraction of sp³-hybridized carbons (Fsp3) is 0.125. The number of rotatable bonds is 1. The van der Waals surface area contributed by atoms with Crippen molar-refractivity contribution >= 4 is 50.1 Å². The molecule has 0 aliphatic heterocycles. The fourth-order valence-corrected chi connectivity index (χ4v) is 2.65. The SMILES string of the molecule is N#Cc1cc(Cl)cc(CBr)c1I. The van der Waals surface area contributed by atoms with Crippen molar-refractivity contribution < 1.29 is 0 Å². The van der Waals surface area contributed by atoms with E-state index in [2.05, 4.69) is 44.6 Å². The van der Waals surface area contributed by atoms with Crippen LogP contribution in [0.15, 0.2) is 12.1 Å². The van der Waals surface area contributed by atoms with Gasteiger partial charge in [-0.05, 0) is 40.3 Å². The highest BCUT2D eigenvalue weighted by molar-refractivity contribution is 14.1. The van der Waals surface area contributed by atoms with Gasteiger partial charge >= 0.3 is 0 Å². The standard InChI is InChI=1S/C8H4BrClIN/c9-3-5-1-7(10)2-6(4-12)8(5)11/h1-2H,3H2. The molecule has 0 fully saturated rings. The Morgan fingerprint density at radius 2 is 2.25 bits per heavy atom. The molecule has 0 spiro atoms. The third-order valence-corrected chi connectivity index (χ3v) is 3.47. The molecule has 0 saturated carbocycles. The second kappa shape index (κ2) is 4.45. The van der Waals surface area contributed by atoms with Crippen LogP contribution in [0.4, 0.5) is 0 Å². The number of benzene rings is 1. The van der Waals surface area contributed by atoms with Crippen molar-refractivity contribution in [2.45, 2.75) is 5.33 Å². The Hall–Kier alpha value is 0.210. The zero-order chi connectivity index (χ0) is 9.14. The maximum Gasteiger partial charge on any atom is 0.100 e. The molecule has 0 unspecified atom stereocenters. The van der Waals surface area contributed by atoms with Crippen LogP contribution in [-0.4, -0.2) is 0 Å². The van der Waals surface area contributed by atoms with E-state index < -0.39 is 0 Å². The summed E-state index contributed by atoms with van der Waals surface area (Å²) in [6, 6.07) is 5.63. The van der Waals surface area contributed by atoms with Crippen molar-refractivity contribution in [1.82, 2.24) is 0 Å². The van der Waals surface area contributed by atoms with Crippen LogP contribution in [0.25, 0.3) is 0 Å². The van der Waals surface area contributed by atoms with E-state index in [1.165, 1.54) is 0 Å². The summed E-state index contributed by atoms with van der Waals surface area (Å²) < 4.78 is 0.969. The first kappa shape index (κ1) is 10.3. The van der Waals surface area contributed by atoms with Crippen LogP contribution >= 0.6 is 50.1 Å². The van der Waals surface area contributed by atoms with Gasteiger partial charge in [0.25, 0.3) is 0 Å². The second-order valence-electron chi connectivity index (χ2n) is 2.17. The average Bonchev–Trinajstić information content (AvgIpc) is 2.08. The van der Waals surface area contributed by atoms with Gasteiger partial charge in [-0.2, -0.15) is 5.26 Å². The molecule has 1 rings (SSSR count). The summed E-state index contributed by atoms with van der Waals surface area (Å²) >= 11 is 11.3. The van der Waals surface area contributed by atoms with Crippen LogP contribution in [0, 0.1) is 14.9 Å². The van der Waals surface area contributed by atoms with Crippen molar-refractivity contribution in [3.8, 4) is 6.07 Å². The van der Waals surface area contributed by atoms with E-state index in [-0.39, 0.29) is 0 Å². The molecule has 0 aliphatic rings. The van der Waals surface area contributed by atoms with Gasteiger partial charge in [-0.1, -0.05) is 27.5 Å². The molecule has 0 bridgehead atoms. The first-order valence-electron chi connectivity index (χ1n) is 3.13. The number of hydrogen-bond donors (Lipinski definition) is 0. The van der Waals surface area contributed by atoms with Crippen LogP contribution in [0.5, 0.6) is 0 Å². The summed E-state index contributed by atoms with van der Waals surface area (Å²) in [5, 5.41) is 10.1. The van der Waals surface area contributed by atoms with Gasteiger partial charge in [0.15, 0.2) is 0 Å². The van der Waals surface area contributed by atoms with Crippen molar-refractivity contribution in [3.63, 3.8) is 0 Å². The number of nitriles is 1. The molecule has 0 aromatic heterocycles. The molecule has 12 heavy (non-hydrogen) atoms. The predicted molar refractivity (Wildman–Crippen MR) is 61.5 cm³/mol. The molecule has 0 aliphatic carbocycles. The molecular weight excluding hydrogens is 352 g/mol. The average molecular weight is 356 g/mol. The Morgan fingerprint density at radius 3 is 2.75 bits per heavy atom. The van der Waals surface area contributed by atoms with Gasteiger partial charge in [0, 0.05) is 13.9 Å². The lowest BCUT2D eigenvalue weighted by atomic mass is 10.2. The van der Waals surface area contributed by atoms with Gasteiger partial charge < -0.3 is 0 Å². The van der Waals surface area contributed by atoms with Crippen molar-refractivity contribution in [2.24, 2.45) is 0 Å². The maximum absolute atomic E-state index is 8.73. The summed E-state index contributed by atoms with van der Waals surface area (Å²) in [4.78, 5) is 0. The summed E-state index contributed by atoms with van der Waals surface area (Å²) in [6.07, 6.45) is 0. The van der Waals surface area contributed by atoms with E-state index >= 15 is 0 Å². The van der Waals surface area contributed by atoms with E-state index in [4.69, 9.17) is 16.9 Å². The van der Waals surface area contributed by atoms with Gasteiger partial charge in [0.1, 0.15) is 6.07 Å². The molecule has 1 aromatic carbocycles. The Labute approximate surface area is 98.0 Å². The minimum atomic E-state index is 0.612. The highest BCUT2D eigenvalue weighted by atomic mass is 127. The fourth-order valence-electron chi connectivity index (χ4n) is 0.824. The van der Waals surface area contributed by atoms with Crippen LogP contribution in [0.2, 0.25) is 5.02 Å². The summed E-state index contributed by atoms with van der Waals surface area (Å²) in [5.41, 5.74) is 1.69. The van der Waals surface area contributed by atoms with Crippen LogP contribution in [-0.2, 0) is 5.33 Å². The number of nitrogens with zero attached hydrogens (tertiary/aromatic N) is 1. The Bertz CT molecular complexity index is 346. The minimum Gasteiger partial charge on any atom is -0.192 e. The smallest absolute Gasteiger partial charge is 0.100 e. The molecule has 0 amide bonds. The molecule has 0 radical (unpaired) electrons. The third-order valence-electron chi connectivity index (χ3n) is 1.38. The highest BCUT2D eigenvalue weighted by Crippen LogP contribution is 2.23. The molecular formula is C8H4BrClIN. The quantitative estimate of drug-likeness (QED) is 0.556. The first-order chi connectivity index (χ1) is 5.69. The molecule has 0 atom stereocenters. The van der Waals surface area contributed by atoms with Crippen molar-refractivity contribution in [1.29, 1.82) is 5.26 Å². The van der Waals surface area contributed by atoms with Crippen LogP contribution < -0.4 is 0 Å². The van der Waals surface area contributed by atoms with Gasteiger partial charge in [0.2, 0.25) is 0 Å². The molecule has 1 nitrogen and oxygen atoms in total. The van der Waals surface area contributed by atoms with E-state index in [1.54, 1.807) is 6.07 Å². The Morgan fingerprint density at radius 1 is 1.58 bits per heavy atom. The maximum atomic E-state index is 8.73. The Balaban J connectivity index is 3.34. The van der Waals surface area contributed by atoms with E-state index in [0.717, 1.165) is 14.5 Å². The largest absolute Gasteiger partial charge is 0.192 e. The van der Waals surface area contributed by atoms with Gasteiger partial charge in [-0.25, -0.2) is 0 Å². The van der Waals surface area contributed by atoms with Gasteiger partial charge in [-0.3, -0.25) is 0 Å². The van der Waals surface area contributed by atoms with Gasteiger partial charge in [-0.15, -0.1) is 0 Å². The lowest BCUT2D eigenvalue weighted by Gasteiger charge is -2.02. The molecule has 0 N–H and O–H groups in total. The third kappa shape index (κ3) is 2.12. The monoisotopic (exact) mass is 355 g/mol. The molecule has 1 aromatic rings. The van der Waals surface area contributed by atoms with E-state index in [1.807, 2.05) is 6.07 Å². The van der Waals surface area contributed by atoms with E-state index in [9.17, 15) is 0 Å². The summed E-state index contributed by atoms with van der Waals surface area (Å²) in [5.74, 6) is 0. The molecule has 4 heteroatoms. The number of halogens is 3. The zero-order valence-electron chi connectivity index (χ0n) is 5.94. The van der Waals surface area contributed by atoms with E-state index in [0.29, 0.717) is 10.6 Å². The number of hydrogen-bond acceptors (Lipinski definition) is 1. The summed E-state index contributed by atoms with van der Waals surface area (Å²) in [6.45, 7) is 0. The highest BCUT2D eigenvalue weighted by Gasteiger charge is 2.05. The lowest BCUT2D eigenvalue weighted by molar-refractivity contribution is 1.36. The summed E-state index contributed by atoms with van der Waals surface area (Å²) in [7, 11) is 0. The second-order valence-corrected chi connectivity index (χ2v) is 4.25. The normalized spacial score (nSPS) is 9.50. The van der Waals surface area contributed by atoms with Crippen LogP contribution in [0.1, 0.15) is 11.1 Å². The lowest BCUT2D eigenvalue weighted by Crippen LogP contribution is -1.89. The van der Waals surface area contributed by atoms with Crippen molar-refractivity contribution in [3.05, 3.63) is 31.9 Å². The molecule has 0 heterocycles. The number of alkyl halides is 1. The molecule has 0 saturated heterocycles. The van der Waals surface area contributed by atoms with Crippen LogP contribution in [0.3, 0.4) is 0 Å². The first-order valence-corrected chi connectivity index (χ1v) is 5.71.